The maximum Gasteiger partial charge on any atom is 0.238 e. The first-order chi connectivity index (χ1) is 9.09. The Morgan fingerprint density at radius 1 is 1.21 bits per heavy atom. The number of hydrogen-bond acceptors (Lipinski definition) is 4. The molecule has 1 atom stereocenters. The molecule has 0 saturated carbocycles. The van der Waals surface area contributed by atoms with Gasteiger partial charge in [-0.05, 0) is 19.2 Å². The standard InChI is InChI=1S/C14H14N2O3/c1-15-7-12(17)16(2)14(15)10-8-19-11-6-4-3-5-9(11)13(10)18/h3-6,8,14H,7H2,1-2H3/t14-/m1/s1. The molecule has 1 aromatic carbocycles. The predicted octanol–water partition coefficient (Wildman–Crippen LogP) is 1.20. The summed E-state index contributed by atoms with van der Waals surface area (Å²) in [6.07, 6.45) is 1.11. The number of para-hydroxylation sites is 1. The fourth-order valence-electron chi connectivity index (χ4n) is 2.56. The fraction of sp³-hybridized carbons (Fsp3) is 0.286. The van der Waals surface area contributed by atoms with Gasteiger partial charge in [-0.25, -0.2) is 0 Å². The molecule has 5 nitrogen and oxygen atoms in total. The Bertz CT molecular complexity index is 707. The molecule has 0 bridgehead atoms. The van der Waals surface area contributed by atoms with Gasteiger partial charge in [0.2, 0.25) is 5.91 Å². The molecule has 0 N–H and O–H groups in total. The number of carbonyl (C=O) groups is 1. The maximum atomic E-state index is 12.5. The van der Waals surface area contributed by atoms with E-state index in [4.69, 9.17) is 4.42 Å². The average molecular weight is 258 g/mol. The van der Waals surface area contributed by atoms with Crippen molar-refractivity contribution >= 4 is 16.9 Å². The number of amides is 1. The second-order valence-corrected chi connectivity index (χ2v) is 4.81. The van der Waals surface area contributed by atoms with Crippen molar-refractivity contribution in [3.05, 3.63) is 46.3 Å². The average Bonchev–Trinajstić information content (AvgIpc) is 2.65. The van der Waals surface area contributed by atoms with Crippen LogP contribution in [0.1, 0.15) is 11.7 Å². The quantitative estimate of drug-likeness (QED) is 0.771. The van der Waals surface area contributed by atoms with Gasteiger partial charge in [0.15, 0.2) is 5.43 Å². The van der Waals surface area contributed by atoms with Crippen LogP contribution in [0.3, 0.4) is 0 Å². The molecule has 2 aromatic rings. The zero-order valence-corrected chi connectivity index (χ0v) is 10.8. The number of benzene rings is 1. The lowest BCUT2D eigenvalue weighted by Crippen LogP contribution is -2.31. The van der Waals surface area contributed by atoms with E-state index < -0.39 is 0 Å². The van der Waals surface area contributed by atoms with Gasteiger partial charge in [-0.15, -0.1) is 0 Å². The number of carbonyl (C=O) groups excluding carboxylic acids is 1. The SMILES string of the molecule is CN1CC(=O)N(C)[C@@H]1c1coc2ccccc2c1=O. The first kappa shape index (κ1) is 11.9. The third-order valence-corrected chi connectivity index (χ3v) is 3.55. The van der Waals surface area contributed by atoms with Crippen molar-refractivity contribution in [2.75, 3.05) is 20.6 Å². The van der Waals surface area contributed by atoms with Crippen LogP contribution in [0.15, 0.2) is 39.7 Å². The normalized spacial score (nSPS) is 20.4. The first-order valence-corrected chi connectivity index (χ1v) is 6.06. The fourth-order valence-corrected chi connectivity index (χ4v) is 2.56. The Labute approximate surface area is 110 Å². The molecule has 3 rings (SSSR count). The van der Waals surface area contributed by atoms with Crippen molar-refractivity contribution in [2.24, 2.45) is 0 Å². The van der Waals surface area contributed by atoms with E-state index in [-0.39, 0.29) is 17.5 Å². The van der Waals surface area contributed by atoms with Crippen molar-refractivity contribution in [1.82, 2.24) is 9.80 Å². The van der Waals surface area contributed by atoms with Crippen molar-refractivity contribution in [3.8, 4) is 0 Å². The van der Waals surface area contributed by atoms with Gasteiger partial charge in [-0.2, -0.15) is 0 Å². The van der Waals surface area contributed by atoms with Gasteiger partial charge in [0.1, 0.15) is 18.0 Å². The highest BCUT2D eigenvalue weighted by molar-refractivity contribution is 5.81. The molecule has 0 aliphatic carbocycles. The molecule has 2 heterocycles. The summed E-state index contributed by atoms with van der Waals surface area (Å²) in [5.74, 6) is 0.0000543. The molecule has 1 saturated heterocycles. The molecule has 1 aliphatic rings. The van der Waals surface area contributed by atoms with Gasteiger partial charge in [-0.3, -0.25) is 14.5 Å². The van der Waals surface area contributed by atoms with E-state index in [1.165, 1.54) is 6.26 Å². The molecule has 98 valence electrons. The molecule has 5 heteroatoms. The van der Waals surface area contributed by atoms with Crippen molar-refractivity contribution < 1.29 is 9.21 Å². The van der Waals surface area contributed by atoms with E-state index in [1.54, 1.807) is 30.1 Å². The van der Waals surface area contributed by atoms with Gasteiger partial charge in [-0.1, -0.05) is 12.1 Å². The van der Waals surface area contributed by atoms with E-state index in [0.29, 0.717) is 23.1 Å². The van der Waals surface area contributed by atoms with Gasteiger partial charge in [0.05, 0.1) is 17.5 Å². The van der Waals surface area contributed by atoms with Crippen molar-refractivity contribution in [3.63, 3.8) is 0 Å². The molecule has 0 spiro atoms. The summed E-state index contributed by atoms with van der Waals surface area (Å²) < 4.78 is 5.50. The van der Waals surface area contributed by atoms with E-state index in [2.05, 4.69) is 0 Å². The Morgan fingerprint density at radius 3 is 2.63 bits per heavy atom. The lowest BCUT2D eigenvalue weighted by molar-refractivity contribution is -0.126. The van der Waals surface area contributed by atoms with E-state index in [1.807, 2.05) is 18.0 Å². The van der Waals surface area contributed by atoms with Crippen LogP contribution in [-0.2, 0) is 4.79 Å². The number of nitrogens with zero attached hydrogens (tertiary/aromatic N) is 2. The van der Waals surface area contributed by atoms with Crippen LogP contribution in [0.5, 0.6) is 0 Å². The van der Waals surface area contributed by atoms with Crippen LogP contribution in [0.2, 0.25) is 0 Å². The van der Waals surface area contributed by atoms with Crippen LogP contribution in [0, 0.1) is 0 Å². The van der Waals surface area contributed by atoms with Crippen molar-refractivity contribution in [1.29, 1.82) is 0 Å². The summed E-state index contributed by atoms with van der Waals surface area (Å²) in [7, 11) is 3.52. The topological polar surface area (TPSA) is 53.8 Å². The Hall–Kier alpha value is -2.14. The third-order valence-electron chi connectivity index (χ3n) is 3.55. The summed E-state index contributed by atoms with van der Waals surface area (Å²) >= 11 is 0. The third kappa shape index (κ3) is 1.74. The second-order valence-electron chi connectivity index (χ2n) is 4.81. The largest absolute Gasteiger partial charge is 0.464 e. The van der Waals surface area contributed by atoms with E-state index >= 15 is 0 Å². The molecular formula is C14H14N2O3. The number of fused-ring (bicyclic) bond motifs is 1. The van der Waals surface area contributed by atoms with E-state index in [9.17, 15) is 9.59 Å². The lowest BCUT2D eigenvalue weighted by atomic mass is 10.1. The highest BCUT2D eigenvalue weighted by atomic mass is 16.3. The highest BCUT2D eigenvalue weighted by Crippen LogP contribution is 2.26. The Balaban J connectivity index is 2.19. The minimum Gasteiger partial charge on any atom is -0.464 e. The molecule has 19 heavy (non-hydrogen) atoms. The zero-order valence-electron chi connectivity index (χ0n) is 10.8. The number of likely N-dealkylation sites (N-methyl/N-ethyl adjacent to an activating group) is 2. The molecule has 1 aromatic heterocycles. The van der Waals surface area contributed by atoms with Gasteiger partial charge >= 0.3 is 0 Å². The van der Waals surface area contributed by atoms with Gasteiger partial charge in [0, 0.05) is 7.05 Å². The Morgan fingerprint density at radius 2 is 1.95 bits per heavy atom. The molecule has 1 fully saturated rings. The second kappa shape index (κ2) is 4.20. The van der Waals surface area contributed by atoms with Crippen LogP contribution in [0.25, 0.3) is 11.0 Å². The summed E-state index contributed by atoms with van der Waals surface area (Å²) in [6.45, 7) is 0.313. The van der Waals surface area contributed by atoms with Crippen molar-refractivity contribution in [2.45, 2.75) is 6.17 Å². The predicted molar refractivity (Wildman–Crippen MR) is 70.6 cm³/mol. The highest BCUT2D eigenvalue weighted by Gasteiger charge is 2.35. The molecule has 0 unspecified atom stereocenters. The number of hydrogen-bond donors (Lipinski definition) is 0. The summed E-state index contributed by atoms with van der Waals surface area (Å²) in [5.41, 5.74) is 0.973. The van der Waals surface area contributed by atoms with Gasteiger partial charge in [0.25, 0.3) is 0 Å². The van der Waals surface area contributed by atoms with E-state index in [0.717, 1.165) is 0 Å². The van der Waals surface area contributed by atoms with Crippen LogP contribution in [-0.4, -0.2) is 36.3 Å². The minimum atomic E-state index is -0.353. The van der Waals surface area contributed by atoms with Crippen LogP contribution in [0.4, 0.5) is 0 Å². The van der Waals surface area contributed by atoms with Gasteiger partial charge < -0.3 is 9.32 Å². The molecule has 1 amide bonds. The Kier molecular flexibility index (Phi) is 2.64. The van der Waals surface area contributed by atoms with Crippen LogP contribution < -0.4 is 5.43 Å². The molecule has 0 radical (unpaired) electrons. The molecule has 1 aliphatic heterocycles. The zero-order chi connectivity index (χ0) is 13.6. The first-order valence-electron chi connectivity index (χ1n) is 6.06. The summed E-state index contributed by atoms with van der Waals surface area (Å²) in [6, 6.07) is 7.12. The summed E-state index contributed by atoms with van der Waals surface area (Å²) in [4.78, 5) is 27.6. The number of rotatable bonds is 1. The lowest BCUT2D eigenvalue weighted by Gasteiger charge is -2.23. The van der Waals surface area contributed by atoms with Crippen LogP contribution >= 0.6 is 0 Å². The minimum absolute atomic E-state index is 0.0000543. The maximum absolute atomic E-state index is 12.5. The summed E-state index contributed by atoms with van der Waals surface area (Å²) in [5, 5.41) is 0.543. The molecular weight excluding hydrogens is 244 g/mol. The smallest absolute Gasteiger partial charge is 0.238 e. The monoisotopic (exact) mass is 258 g/mol.